The van der Waals surface area contributed by atoms with E-state index < -0.39 is 0 Å². The summed E-state index contributed by atoms with van der Waals surface area (Å²) >= 11 is 5.61. The van der Waals surface area contributed by atoms with Crippen molar-refractivity contribution in [3.63, 3.8) is 0 Å². The molecule has 2 aliphatic heterocycles. The number of hydrogen-bond donors (Lipinski definition) is 1. The summed E-state index contributed by atoms with van der Waals surface area (Å²) in [6.45, 7) is 2.66. The van der Waals surface area contributed by atoms with Crippen molar-refractivity contribution in [1.82, 2.24) is 10.2 Å². The number of piperidine rings is 1. The van der Waals surface area contributed by atoms with Crippen LogP contribution in [-0.4, -0.2) is 30.1 Å². The molecule has 0 bridgehead atoms. The highest BCUT2D eigenvalue weighted by atomic mass is 79.9. The Morgan fingerprint density at radius 3 is 3.10 bits per heavy atom. The zero-order valence-electron chi connectivity index (χ0n) is 11.9. The molecule has 4 rings (SSSR count). The number of nitrogens with one attached hydrogen (secondary N) is 1. The maximum absolute atomic E-state index is 4.00. The third kappa shape index (κ3) is 2.60. The fraction of sp³-hybridized carbons (Fsp3) is 0.750. The highest BCUT2D eigenvalue weighted by Gasteiger charge is 2.33. The topological polar surface area (TPSA) is 15.3 Å². The van der Waals surface area contributed by atoms with Crippen LogP contribution in [0.3, 0.4) is 0 Å². The molecule has 4 heteroatoms. The zero-order chi connectivity index (χ0) is 13.5. The van der Waals surface area contributed by atoms with Gasteiger partial charge in [-0.3, -0.25) is 0 Å². The molecular weight excluding hydrogens is 332 g/mol. The minimum absolute atomic E-state index is 0.610. The smallest absolute Gasteiger partial charge is 0.0704 e. The highest BCUT2D eigenvalue weighted by Crippen LogP contribution is 2.39. The SMILES string of the molecule is Brc1cc2c(s1)CCCC2NC1CCN2CCCC2C1. The van der Waals surface area contributed by atoms with Crippen molar-refractivity contribution >= 4 is 27.3 Å². The van der Waals surface area contributed by atoms with Gasteiger partial charge in [-0.15, -0.1) is 11.3 Å². The molecule has 1 aliphatic carbocycles. The Bertz CT molecular complexity index is 487. The van der Waals surface area contributed by atoms with Gasteiger partial charge in [0.05, 0.1) is 3.79 Å². The third-order valence-electron chi connectivity index (χ3n) is 5.34. The molecule has 3 heterocycles. The molecule has 1 aromatic heterocycles. The molecule has 2 fully saturated rings. The quantitative estimate of drug-likeness (QED) is 0.859. The lowest BCUT2D eigenvalue weighted by molar-refractivity contribution is 0.159. The van der Waals surface area contributed by atoms with Gasteiger partial charge in [-0.2, -0.15) is 0 Å². The lowest BCUT2D eigenvalue weighted by Crippen LogP contribution is -2.46. The van der Waals surface area contributed by atoms with E-state index in [0.717, 1.165) is 12.1 Å². The standard InChI is InChI=1S/C16H23BrN2S/c17-16-10-13-14(4-1-5-15(13)20-16)18-11-6-8-19-7-2-3-12(19)9-11/h10-12,14,18H,1-9H2. The molecule has 3 unspecified atom stereocenters. The molecule has 0 radical (unpaired) electrons. The number of halogens is 1. The molecule has 1 aromatic rings. The van der Waals surface area contributed by atoms with Gasteiger partial charge in [0.1, 0.15) is 0 Å². The Balaban J connectivity index is 1.44. The van der Waals surface area contributed by atoms with Crippen molar-refractivity contribution in [3.8, 4) is 0 Å². The fourth-order valence-electron chi connectivity index (χ4n) is 4.35. The summed E-state index contributed by atoms with van der Waals surface area (Å²) in [4.78, 5) is 4.32. The first-order valence-electron chi connectivity index (χ1n) is 8.08. The number of thiophene rings is 1. The number of rotatable bonds is 2. The van der Waals surface area contributed by atoms with E-state index >= 15 is 0 Å². The summed E-state index contributed by atoms with van der Waals surface area (Å²) in [5, 5.41) is 4.00. The van der Waals surface area contributed by atoms with E-state index in [1.807, 2.05) is 11.3 Å². The summed E-state index contributed by atoms with van der Waals surface area (Å²) in [5.41, 5.74) is 1.59. The van der Waals surface area contributed by atoms with E-state index in [2.05, 4.69) is 32.2 Å². The first-order valence-corrected chi connectivity index (χ1v) is 9.69. The first-order chi connectivity index (χ1) is 9.79. The second-order valence-electron chi connectivity index (χ2n) is 6.59. The Morgan fingerprint density at radius 2 is 2.15 bits per heavy atom. The van der Waals surface area contributed by atoms with Gasteiger partial charge in [0.15, 0.2) is 0 Å². The Labute approximate surface area is 134 Å². The number of aryl methyl sites for hydroxylation is 1. The number of hydrogen-bond acceptors (Lipinski definition) is 3. The van der Waals surface area contributed by atoms with E-state index in [1.165, 1.54) is 61.8 Å². The Hall–Kier alpha value is 0.1000. The van der Waals surface area contributed by atoms with Crippen molar-refractivity contribution in [2.24, 2.45) is 0 Å². The van der Waals surface area contributed by atoms with Crippen LogP contribution in [0.25, 0.3) is 0 Å². The molecule has 2 saturated heterocycles. The zero-order valence-corrected chi connectivity index (χ0v) is 14.3. The van der Waals surface area contributed by atoms with E-state index in [4.69, 9.17) is 0 Å². The van der Waals surface area contributed by atoms with Gasteiger partial charge in [0.25, 0.3) is 0 Å². The van der Waals surface area contributed by atoms with Gasteiger partial charge in [-0.25, -0.2) is 0 Å². The van der Waals surface area contributed by atoms with Crippen LogP contribution in [0.5, 0.6) is 0 Å². The first kappa shape index (κ1) is 13.7. The van der Waals surface area contributed by atoms with Crippen LogP contribution in [0.1, 0.15) is 55.0 Å². The molecule has 0 amide bonds. The van der Waals surface area contributed by atoms with E-state index in [-0.39, 0.29) is 0 Å². The minimum atomic E-state index is 0.610. The van der Waals surface area contributed by atoms with Crippen LogP contribution < -0.4 is 5.32 Å². The van der Waals surface area contributed by atoms with Crippen LogP contribution >= 0.6 is 27.3 Å². The molecule has 3 atom stereocenters. The predicted octanol–water partition coefficient (Wildman–Crippen LogP) is 4.10. The molecule has 2 nitrogen and oxygen atoms in total. The van der Waals surface area contributed by atoms with E-state index in [9.17, 15) is 0 Å². The van der Waals surface area contributed by atoms with Crippen LogP contribution in [0.4, 0.5) is 0 Å². The largest absolute Gasteiger partial charge is 0.307 e. The average molecular weight is 355 g/mol. The van der Waals surface area contributed by atoms with Gasteiger partial charge in [0.2, 0.25) is 0 Å². The minimum Gasteiger partial charge on any atom is -0.307 e. The van der Waals surface area contributed by atoms with Gasteiger partial charge in [-0.05, 0) is 85.6 Å². The molecule has 1 N–H and O–H groups in total. The van der Waals surface area contributed by atoms with Gasteiger partial charge >= 0.3 is 0 Å². The van der Waals surface area contributed by atoms with Crippen molar-refractivity contribution in [3.05, 3.63) is 20.3 Å². The summed E-state index contributed by atoms with van der Waals surface area (Å²) in [7, 11) is 0. The molecule has 0 aromatic carbocycles. The second kappa shape index (κ2) is 5.71. The van der Waals surface area contributed by atoms with E-state index in [0.29, 0.717) is 6.04 Å². The summed E-state index contributed by atoms with van der Waals surface area (Å²) < 4.78 is 1.31. The number of nitrogens with zero attached hydrogens (tertiary/aromatic N) is 1. The molecule has 3 aliphatic rings. The second-order valence-corrected chi connectivity index (χ2v) is 9.11. The maximum Gasteiger partial charge on any atom is 0.0704 e. The van der Waals surface area contributed by atoms with Crippen molar-refractivity contribution < 1.29 is 0 Å². The fourth-order valence-corrected chi connectivity index (χ4v) is 6.17. The molecule has 110 valence electrons. The molecule has 20 heavy (non-hydrogen) atoms. The van der Waals surface area contributed by atoms with Crippen molar-refractivity contribution in [2.45, 2.75) is 63.1 Å². The third-order valence-corrected chi connectivity index (χ3v) is 7.05. The molecule has 0 spiro atoms. The predicted molar refractivity (Wildman–Crippen MR) is 88.5 cm³/mol. The Kier molecular flexibility index (Phi) is 3.92. The highest BCUT2D eigenvalue weighted by molar-refractivity contribution is 9.11. The van der Waals surface area contributed by atoms with Crippen molar-refractivity contribution in [2.75, 3.05) is 13.1 Å². The van der Waals surface area contributed by atoms with Gasteiger partial charge < -0.3 is 10.2 Å². The maximum atomic E-state index is 4.00. The molecular formula is C16H23BrN2S. The van der Waals surface area contributed by atoms with Crippen LogP contribution in [0.15, 0.2) is 9.85 Å². The van der Waals surface area contributed by atoms with Crippen molar-refractivity contribution in [1.29, 1.82) is 0 Å². The van der Waals surface area contributed by atoms with Crippen LogP contribution in [-0.2, 0) is 6.42 Å². The normalized spacial score (nSPS) is 34.0. The van der Waals surface area contributed by atoms with Crippen LogP contribution in [0.2, 0.25) is 0 Å². The monoisotopic (exact) mass is 354 g/mol. The van der Waals surface area contributed by atoms with Gasteiger partial charge in [-0.1, -0.05) is 0 Å². The summed E-state index contributed by atoms with van der Waals surface area (Å²) in [5.74, 6) is 0. The Morgan fingerprint density at radius 1 is 1.20 bits per heavy atom. The lowest BCUT2D eigenvalue weighted by Gasteiger charge is -2.38. The number of fused-ring (bicyclic) bond motifs is 2. The average Bonchev–Trinajstić information content (AvgIpc) is 3.04. The van der Waals surface area contributed by atoms with Gasteiger partial charge in [0, 0.05) is 23.0 Å². The summed E-state index contributed by atoms with van der Waals surface area (Å²) in [6, 6.07) is 4.59. The van der Waals surface area contributed by atoms with Crippen LogP contribution in [0, 0.1) is 0 Å². The molecule has 0 saturated carbocycles. The summed E-state index contributed by atoms with van der Waals surface area (Å²) in [6.07, 6.45) is 9.51. The van der Waals surface area contributed by atoms with E-state index in [1.54, 1.807) is 10.4 Å². The lowest BCUT2D eigenvalue weighted by atomic mass is 9.91.